The molecule has 0 amide bonds. The van der Waals surface area contributed by atoms with Gasteiger partial charge in [0.05, 0.1) is 25.4 Å². The molecule has 3 heteroatoms. The third-order valence-corrected chi connectivity index (χ3v) is 3.50. The van der Waals surface area contributed by atoms with Crippen LogP contribution in [0.2, 0.25) is 0 Å². The minimum Gasteiger partial charge on any atom is -0.493 e. The first-order valence-corrected chi connectivity index (χ1v) is 8.92. The quantitative estimate of drug-likeness (QED) is 0.558. The molecule has 0 saturated heterocycles. The molecule has 0 atom stereocenters. The molecule has 0 heterocycles. The molecule has 2 aromatic rings. The molecule has 0 aliphatic rings. The van der Waals surface area contributed by atoms with E-state index in [9.17, 15) is 0 Å². The van der Waals surface area contributed by atoms with Gasteiger partial charge in [-0.25, -0.2) is 0 Å². The maximum atomic E-state index is 6.02. The Morgan fingerprint density at radius 3 is 1.67 bits per heavy atom. The third-order valence-electron chi connectivity index (χ3n) is 3.50. The van der Waals surface area contributed by atoms with E-state index in [-0.39, 0.29) is 0 Å². The zero-order valence-electron chi connectivity index (χ0n) is 15.0. The van der Waals surface area contributed by atoms with Crippen molar-refractivity contribution in [2.45, 2.75) is 40.0 Å². The Kier molecular flexibility index (Phi) is 7.47. The molecule has 0 unspecified atom stereocenters. The smallest absolute Gasteiger partial charge is 0.134 e. The van der Waals surface area contributed by atoms with E-state index < -0.39 is 0 Å². The predicted octanol–water partition coefficient (Wildman–Crippen LogP) is 5.72. The van der Waals surface area contributed by atoms with Gasteiger partial charge < -0.3 is 14.2 Å². The highest BCUT2D eigenvalue weighted by Crippen LogP contribution is 2.42. The standard InChI is InChI=1S/C21H28O3/c1-4-12-22-18-15-19(23-13-5-2)21(17-10-8-7-9-11-17)20(16-18)24-14-6-3/h7-11,15-16H,4-6,12-14H2,1-3H3. The normalized spacial score (nSPS) is 10.5. The highest BCUT2D eigenvalue weighted by atomic mass is 16.5. The summed E-state index contributed by atoms with van der Waals surface area (Å²) in [6.07, 6.45) is 2.88. The average molecular weight is 328 g/mol. The Morgan fingerprint density at radius 1 is 0.667 bits per heavy atom. The van der Waals surface area contributed by atoms with Gasteiger partial charge in [-0.2, -0.15) is 0 Å². The molecular formula is C21H28O3. The zero-order chi connectivity index (χ0) is 17.2. The van der Waals surface area contributed by atoms with Crippen molar-refractivity contribution in [3.63, 3.8) is 0 Å². The second-order valence-electron chi connectivity index (χ2n) is 5.71. The molecule has 0 saturated carbocycles. The van der Waals surface area contributed by atoms with Crippen molar-refractivity contribution in [2.75, 3.05) is 19.8 Å². The molecule has 0 N–H and O–H groups in total. The van der Waals surface area contributed by atoms with Gasteiger partial charge in [0, 0.05) is 12.1 Å². The molecule has 130 valence electrons. The van der Waals surface area contributed by atoms with Gasteiger partial charge >= 0.3 is 0 Å². The lowest BCUT2D eigenvalue weighted by Gasteiger charge is -2.18. The van der Waals surface area contributed by atoms with Crippen molar-refractivity contribution >= 4 is 0 Å². The van der Waals surface area contributed by atoms with Gasteiger partial charge in [0.2, 0.25) is 0 Å². The summed E-state index contributed by atoms with van der Waals surface area (Å²) >= 11 is 0. The molecule has 0 aliphatic heterocycles. The molecule has 0 aliphatic carbocycles. The largest absolute Gasteiger partial charge is 0.493 e. The van der Waals surface area contributed by atoms with E-state index in [1.807, 2.05) is 30.3 Å². The number of rotatable bonds is 10. The first-order valence-electron chi connectivity index (χ1n) is 8.92. The van der Waals surface area contributed by atoms with E-state index >= 15 is 0 Å². The lowest BCUT2D eigenvalue weighted by atomic mass is 10.0. The van der Waals surface area contributed by atoms with Gasteiger partial charge in [0.25, 0.3) is 0 Å². The molecule has 2 aromatic carbocycles. The summed E-state index contributed by atoms with van der Waals surface area (Å²) in [7, 11) is 0. The fraction of sp³-hybridized carbons (Fsp3) is 0.429. The summed E-state index contributed by atoms with van der Waals surface area (Å²) in [5, 5.41) is 0. The zero-order valence-corrected chi connectivity index (χ0v) is 15.0. The number of benzene rings is 2. The minimum atomic E-state index is 0.671. The Hall–Kier alpha value is -2.16. The molecule has 0 bridgehead atoms. The van der Waals surface area contributed by atoms with E-state index in [2.05, 4.69) is 32.9 Å². The molecule has 2 rings (SSSR count). The van der Waals surface area contributed by atoms with Crippen LogP contribution in [-0.4, -0.2) is 19.8 Å². The lowest BCUT2D eigenvalue weighted by molar-refractivity contribution is 0.288. The van der Waals surface area contributed by atoms with Crippen LogP contribution in [0.1, 0.15) is 40.0 Å². The Balaban J connectivity index is 2.48. The summed E-state index contributed by atoms with van der Waals surface area (Å²) < 4.78 is 17.9. The van der Waals surface area contributed by atoms with Crippen LogP contribution in [-0.2, 0) is 0 Å². The van der Waals surface area contributed by atoms with Crippen molar-refractivity contribution < 1.29 is 14.2 Å². The highest BCUT2D eigenvalue weighted by Gasteiger charge is 2.16. The topological polar surface area (TPSA) is 27.7 Å². The van der Waals surface area contributed by atoms with Gasteiger partial charge in [-0.05, 0) is 24.8 Å². The summed E-state index contributed by atoms with van der Waals surface area (Å²) in [5.41, 5.74) is 2.10. The summed E-state index contributed by atoms with van der Waals surface area (Å²) in [6.45, 7) is 8.34. The maximum Gasteiger partial charge on any atom is 0.134 e. The van der Waals surface area contributed by atoms with Crippen molar-refractivity contribution in [3.8, 4) is 28.4 Å². The van der Waals surface area contributed by atoms with Crippen molar-refractivity contribution in [1.29, 1.82) is 0 Å². The Labute approximate surface area is 145 Å². The van der Waals surface area contributed by atoms with E-state index in [4.69, 9.17) is 14.2 Å². The monoisotopic (exact) mass is 328 g/mol. The predicted molar refractivity (Wildman–Crippen MR) is 99.2 cm³/mol. The SMILES string of the molecule is CCCOc1cc(OCCC)c(-c2ccccc2)c(OCCC)c1. The Bertz CT molecular complexity index is 579. The minimum absolute atomic E-state index is 0.671. The molecule has 0 spiro atoms. The molecule has 24 heavy (non-hydrogen) atoms. The summed E-state index contributed by atoms with van der Waals surface area (Å²) in [6, 6.07) is 14.2. The Morgan fingerprint density at radius 2 is 1.17 bits per heavy atom. The van der Waals surface area contributed by atoms with Gasteiger partial charge in [0.15, 0.2) is 0 Å². The van der Waals surface area contributed by atoms with Crippen LogP contribution < -0.4 is 14.2 Å². The van der Waals surface area contributed by atoms with Gasteiger partial charge in [-0.1, -0.05) is 51.1 Å². The fourth-order valence-electron chi connectivity index (χ4n) is 2.41. The first-order chi connectivity index (χ1) is 11.8. The van der Waals surface area contributed by atoms with Crippen LogP contribution in [0, 0.1) is 0 Å². The van der Waals surface area contributed by atoms with Crippen LogP contribution in [0.25, 0.3) is 11.1 Å². The fourth-order valence-corrected chi connectivity index (χ4v) is 2.41. The van der Waals surface area contributed by atoms with Gasteiger partial charge in [-0.3, -0.25) is 0 Å². The van der Waals surface area contributed by atoms with E-state index in [1.54, 1.807) is 0 Å². The second-order valence-corrected chi connectivity index (χ2v) is 5.71. The van der Waals surface area contributed by atoms with Crippen LogP contribution in [0.5, 0.6) is 17.2 Å². The van der Waals surface area contributed by atoms with Crippen LogP contribution in [0.15, 0.2) is 42.5 Å². The van der Waals surface area contributed by atoms with Crippen molar-refractivity contribution in [3.05, 3.63) is 42.5 Å². The van der Waals surface area contributed by atoms with Crippen LogP contribution in [0.3, 0.4) is 0 Å². The molecule has 3 nitrogen and oxygen atoms in total. The van der Waals surface area contributed by atoms with E-state index in [0.717, 1.165) is 47.6 Å². The molecule has 0 aromatic heterocycles. The molecule has 0 radical (unpaired) electrons. The number of ether oxygens (including phenoxy) is 3. The molecular weight excluding hydrogens is 300 g/mol. The maximum absolute atomic E-state index is 6.02. The average Bonchev–Trinajstić information content (AvgIpc) is 2.63. The van der Waals surface area contributed by atoms with Crippen molar-refractivity contribution in [1.82, 2.24) is 0 Å². The van der Waals surface area contributed by atoms with Gasteiger partial charge in [0.1, 0.15) is 17.2 Å². The summed E-state index contributed by atoms with van der Waals surface area (Å²) in [5.74, 6) is 2.44. The second kappa shape index (κ2) is 9.86. The summed E-state index contributed by atoms with van der Waals surface area (Å²) in [4.78, 5) is 0. The first kappa shape index (κ1) is 18.2. The number of hydrogen-bond donors (Lipinski definition) is 0. The van der Waals surface area contributed by atoms with Crippen LogP contribution in [0.4, 0.5) is 0 Å². The van der Waals surface area contributed by atoms with Crippen molar-refractivity contribution in [2.24, 2.45) is 0 Å². The van der Waals surface area contributed by atoms with E-state index in [0.29, 0.717) is 19.8 Å². The molecule has 0 fully saturated rings. The third kappa shape index (κ3) is 4.92. The lowest BCUT2D eigenvalue weighted by Crippen LogP contribution is -2.03. The van der Waals surface area contributed by atoms with Crippen LogP contribution >= 0.6 is 0 Å². The number of hydrogen-bond acceptors (Lipinski definition) is 3. The van der Waals surface area contributed by atoms with E-state index in [1.165, 1.54) is 0 Å². The van der Waals surface area contributed by atoms with Gasteiger partial charge in [-0.15, -0.1) is 0 Å². The highest BCUT2D eigenvalue weighted by molar-refractivity contribution is 5.78.